The average molecular weight is 607 g/mol. The second kappa shape index (κ2) is 11.6. The van der Waals surface area contributed by atoms with E-state index in [9.17, 15) is 18.3 Å². The number of carbonyl (C=O) groups is 1. The molecule has 2 unspecified atom stereocenters. The summed E-state index contributed by atoms with van der Waals surface area (Å²) in [7, 11) is -4.06. The zero-order valence-electron chi connectivity index (χ0n) is 24.3. The lowest BCUT2D eigenvalue weighted by molar-refractivity contribution is -0.143. The number of rotatable bonds is 3. The molecule has 43 heavy (non-hydrogen) atoms. The first-order valence-corrected chi connectivity index (χ1v) is 15.7. The van der Waals surface area contributed by atoms with E-state index in [2.05, 4.69) is 10.3 Å². The van der Waals surface area contributed by atoms with E-state index >= 15 is 0 Å². The summed E-state index contributed by atoms with van der Waals surface area (Å²) in [6.45, 7) is 6.58. The minimum atomic E-state index is -4.06. The van der Waals surface area contributed by atoms with Gasteiger partial charge in [0.1, 0.15) is 23.6 Å². The van der Waals surface area contributed by atoms with Gasteiger partial charge in [0.2, 0.25) is 0 Å². The van der Waals surface area contributed by atoms with Gasteiger partial charge in [0.05, 0.1) is 24.6 Å². The zero-order chi connectivity index (χ0) is 30.3. The lowest BCUT2D eigenvalue weighted by Crippen LogP contribution is -2.37. The Morgan fingerprint density at radius 1 is 1.09 bits per heavy atom. The van der Waals surface area contributed by atoms with Crippen LogP contribution in [0.5, 0.6) is 11.5 Å². The third kappa shape index (κ3) is 5.82. The molecule has 0 saturated carbocycles. The molecular weight excluding hydrogens is 572 g/mol. The highest BCUT2D eigenvalue weighted by Gasteiger charge is 2.33. The smallest absolute Gasteiger partial charge is 0.385 e. The fourth-order valence-electron chi connectivity index (χ4n) is 5.76. The molecule has 9 bridgehead atoms. The van der Waals surface area contributed by atoms with Crippen LogP contribution in [-0.4, -0.2) is 58.1 Å². The van der Waals surface area contributed by atoms with Crippen molar-refractivity contribution < 1.29 is 32.0 Å². The highest BCUT2D eigenvalue weighted by molar-refractivity contribution is 7.84. The van der Waals surface area contributed by atoms with E-state index in [1.54, 1.807) is 29.8 Å². The molecule has 4 heterocycles. The summed E-state index contributed by atoms with van der Waals surface area (Å²) in [5.41, 5.74) is 6.53. The Bertz CT molecular complexity index is 1800. The first-order chi connectivity index (χ1) is 20.6. The van der Waals surface area contributed by atoms with E-state index < -0.39 is 16.4 Å². The highest BCUT2D eigenvalue weighted by Crippen LogP contribution is 2.37. The Hall–Kier alpha value is -4.00. The molecule has 3 aliphatic rings. The minimum absolute atomic E-state index is 0.0546. The summed E-state index contributed by atoms with van der Waals surface area (Å²) in [4.78, 5) is 12.8. The molecule has 0 saturated heterocycles. The Balaban J connectivity index is 1.48. The molecule has 12 heteroatoms. The van der Waals surface area contributed by atoms with Crippen LogP contribution in [0.2, 0.25) is 0 Å². The van der Waals surface area contributed by atoms with Gasteiger partial charge < -0.3 is 18.8 Å². The van der Waals surface area contributed by atoms with Gasteiger partial charge in [-0.05, 0) is 79.3 Å². The maximum absolute atomic E-state index is 13.2. The second-order valence-corrected chi connectivity index (χ2v) is 12.6. The van der Waals surface area contributed by atoms with Crippen molar-refractivity contribution in [2.75, 3.05) is 13.2 Å². The Labute approximate surface area is 250 Å². The SMILES string of the molecule is CCOC(=O)CC1c2ccc(C)c(c2)CN2Cc3cc(ccc3OS2(=O)=O)OC[C@H](O)CCn2nnc3c(C)c1ccc32. The van der Waals surface area contributed by atoms with Gasteiger partial charge in [-0.1, -0.05) is 29.5 Å². The third-order valence-corrected chi connectivity index (χ3v) is 9.44. The monoisotopic (exact) mass is 606 g/mol. The summed E-state index contributed by atoms with van der Waals surface area (Å²) >= 11 is 0. The molecule has 0 amide bonds. The number of aromatic nitrogens is 3. The number of benzene rings is 3. The van der Waals surface area contributed by atoms with Crippen molar-refractivity contribution in [2.45, 2.75) is 65.3 Å². The molecule has 3 atom stereocenters. The molecule has 0 radical (unpaired) electrons. The molecule has 226 valence electrons. The van der Waals surface area contributed by atoms with Gasteiger partial charge in [0.25, 0.3) is 0 Å². The molecule has 3 aliphatic heterocycles. The van der Waals surface area contributed by atoms with Crippen molar-refractivity contribution in [2.24, 2.45) is 0 Å². The highest BCUT2D eigenvalue weighted by atomic mass is 32.2. The third-order valence-electron chi connectivity index (χ3n) is 8.16. The van der Waals surface area contributed by atoms with E-state index in [4.69, 9.17) is 13.7 Å². The molecule has 0 aliphatic carbocycles. The van der Waals surface area contributed by atoms with Crippen LogP contribution in [0.1, 0.15) is 59.1 Å². The standard InChI is InChI=1S/C31H34N4O7S/c1-4-40-30(37)15-27-21-6-5-19(2)22(13-21)16-34-17-23-14-25(7-10-29(23)42-43(34,38)39)41-18-24(36)11-12-35-28-9-8-26(27)20(3)31(28)32-33-35/h5-10,13-14,24,27,36H,4,11-12,15-18H2,1-3H3/t24-,27?/m1/s1. The average Bonchev–Trinajstić information content (AvgIpc) is 3.39. The van der Waals surface area contributed by atoms with Gasteiger partial charge in [-0.15, -0.1) is 5.10 Å². The van der Waals surface area contributed by atoms with Crippen LogP contribution in [0.4, 0.5) is 0 Å². The Morgan fingerprint density at radius 2 is 1.91 bits per heavy atom. The maximum atomic E-state index is 13.2. The number of aliphatic hydroxyl groups is 1. The molecular formula is C31H34N4O7S. The Kier molecular flexibility index (Phi) is 7.84. The van der Waals surface area contributed by atoms with Crippen LogP contribution in [-0.2, 0) is 39.5 Å². The number of hydrogen-bond acceptors (Lipinski definition) is 9. The summed E-state index contributed by atoms with van der Waals surface area (Å²) in [6, 6.07) is 14.7. The summed E-state index contributed by atoms with van der Waals surface area (Å²) in [5.74, 6) is 0.0576. The van der Waals surface area contributed by atoms with E-state index in [0.29, 0.717) is 29.8 Å². The van der Waals surface area contributed by atoms with E-state index in [0.717, 1.165) is 33.3 Å². The topological polar surface area (TPSA) is 133 Å². The molecule has 1 N–H and O–H groups in total. The largest absolute Gasteiger partial charge is 0.491 e. The van der Waals surface area contributed by atoms with Gasteiger partial charge in [-0.3, -0.25) is 4.79 Å². The number of esters is 1. The summed E-state index contributed by atoms with van der Waals surface area (Å²) < 4.78 is 46.0. The van der Waals surface area contributed by atoms with Crippen LogP contribution >= 0.6 is 0 Å². The van der Waals surface area contributed by atoms with Crippen molar-refractivity contribution >= 4 is 27.3 Å². The number of nitrogens with zero attached hydrogens (tertiary/aromatic N) is 4. The second-order valence-electron chi connectivity index (χ2n) is 11.0. The Morgan fingerprint density at radius 3 is 2.72 bits per heavy atom. The van der Waals surface area contributed by atoms with Crippen molar-refractivity contribution in [3.8, 4) is 11.5 Å². The van der Waals surface area contributed by atoms with E-state index in [1.165, 1.54) is 4.31 Å². The molecule has 1 aromatic heterocycles. The molecule has 7 rings (SSSR count). The molecule has 11 nitrogen and oxygen atoms in total. The fourth-order valence-corrected chi connectivity index (χ4v) is 6.84. The van der Waals surface area contributed by atoms with E-state index in [1.807, 2.05) is 44.2 Å². The predicted molar refractivity (Wildman–Crippen MR) is 158 cm³/mol. The van der Waals surface area contributed by atoms with Gasteiger partial charge in [-0.2, -0.15) is 12.7 Å². The van der Waals surface area contributed by atoms with Crippen LogP contribution in [0, 0.1) is 13.8 Å². The molecule has 0 fully saturated rings. The number of ether oxygens (including phenoxy) is 2. The summed E-state index contributed by atoms with van der Waals surface area (Å²) in [6.07, 6.45) is -0.280. The number of aryl methyl sites for hydroxylation is 3. The number of carbonyl (C=O) groups excluding carboxylic acids is 1. The van der Waals surface area contributed by atoms with Gasteiger partial charge in [0, 0.05) is 31.1 Å². The van der Waals surface area contributed by atoms with Gasteiger partial charge in [0.15, 0.2) is 0 Å². The molecule has 0 spiro atoms. The minimum Gasteiger partial charge on any atom is -0.491 e. The molecule has 4 aromatic rings. The van der Waals surface area contributed by atoms with E-state index in [-0.39, 0.29) is 50.4 Å². The lowest BCUT2D eigenvalue weighted by Gasteiger charge is -2.29. The summed E-state index contributed by atoms with van der Waals surface area (Å²) in [5, 5.41) is 19.5. The van der Waals surface area contributed by atoms with Crippen LogP contribution in [0.25, 0.3) is 11.0 Å². The normalized spacial score (nSPS) is 21.3. The van der Waals surface area contributed by atoms with Crippen LogP contribution < -0.4 is 8.92 Å². The van der Waals surface area contributed by atoms with Gasteiger partial charge in [-0.25, -0.2) is 4.68 Å². The van der Waals surface area contributed by atoms with Crippen molar-refractivity contribution in [1.82, 2.24) is 19.3 Å². The van der Waals surface area contributed by atoms with Crippen LogP contribution in [0.3, 0.4) is 0 Å². The van der Waals surface area contributed by atoms with Crippen molar-refractivity contribution in [3.05, 3.63) is 81.9 Å². The molecule has 3 aromatic carbocycles. The quantitative estimate of drug-likeness (QED) is 0.345. The lowest BCUT2D eigenvalue weighted by atomic mass is 9.84. The zero-order valence-corrected chi connectivity index (χ0v) is 25.1. The van der Waals surface area contributed by atoms with Gasteiger partial charge >= 0.3 is 16.3 Å². The van der Waals surface area contributed by atoms with Crippen LogP contribution in [0.15, 0.2) is 48.5 Å². The number of hydrogen-bond donors (Lipinski definition) is 1. The fraction of sp³-hybridized carbons (Fsp3) is 0.387. The first kappa shape index (κ1) is 29.1. The first-order valence-electron chi connectivity index (χ1n) is 14.3. The van der Waals surface area contributed by atoms with Crippen molar-refractivity contribution in [1.29, 1.82) is 0 Å². The number of fused-ring (bicyclic) bond motifs is 5. The predicted octanol–water partition coefficient (Wildman–Crippen LogP) is 3.92. The number of aliphatic hydroxyl groups excluding tert-OH is 1. The van der Waals surface area contributed by atoms with Crippen molar-refractivity contribution in [3.63, 3.8) is 0 Å². The maximum Gasteiger partial charge on any atom is 0.385 e.